The molecule has 0 bridgehead atoms. The number of likely N-dealkylation sites (tertiary alicyclic amines) is 1. The van der Waals surface area contributed by atoms with E-state index in [-0.39, 0.29) is 13.0 Å². The van der Waals surface area contributed by atoms with Gasteiger partial charge in [0.15, 0.2) is 5.41 Å². The molecule has 1 atom stereocenters. The van der Waals surface area contributed by atoms with Gasteiger partial charge >= 0.3 is 12.1 Å². The Balaban J connectivity index is 2.07. The normalized spacial score (nSPS) is 28.9. The van der Waals surface area contributed by atoms with E-state index in [0.29, 0.717) is 12.8 Å². The summed E-state index contributed by atoms with van der Waals surface area (Å²) in [6.07, 6.45) is -2.32. The molecule has 2 fully saturated rings. The van der Waals surface area contributed by atoms with Crippen molar-refractivity contribution in [2.45, 2.75) is 50.2 Å². The van der Waals surface area contributed by atoms with Crippen LogP contribution in [0.15, 0.2) is 0 Å². The number of rotatable bonds is 3. The number of halogens is 3. The molecule has 2 aliphatic rings. The lowest BCUT2D eigenvalue weighted by molar-refractivity contribution is -0.227. The fraction of sp³-hybridized carbons (Fsp3) is 0.846. The number of carboxylic acid groups (broad SMARTS) is 1. The summed E-state index contributed by atoms with van der Waals surface area (Å²) in [5, 5.41) is 8.95. The number of alkyl halides is 3. The Morgan fingerprint density at radius 1 is 1.19 bits per heavy atom. The summed E-state index contributed by atoms with van der Waals surface area (Å²) in [7, 11) is 0. The second kappa shape index (κ2) is 5.15. The van der Waals surface area contributed by atoms with Crippen molar-refractivity contribution in [1.29, 1.82) is 0 Å². The van der Waals surface area contributed by atoms with Gasteiger partial charge in [0.1, 0.15) is 0 Å². The molecule has 0 aromatic carbocycles. The number of hydrogen-bond donors (Lipinski definition) is 2. The van der Waals surface area contributed by atoms with Gasteiger partial charge in [-0.3, -0.25) is 9.59 Å². The number of nitrogens with two attached hydrogens (primary N) is 1. The molecule has 1 saturated carbocycles. The fourth-order valence-corrected chi connectivity index (χ4v) is 3.22. The molecule has 120 valence electrons. The van der Waals surface area contributed by atoms with E-state index in [9.17, 15) is 22.8 Å². The molecule has 8 heteroatoms. The standard InChI is InChI=1S/C13H19F3N2O3/c14-13(15,16)12(10(20)21)5-6-18(8-12)9(19)7-11(17)3-1-2-4-11/h1-8,17H2,(H,20,21). The third kappa shape index (κ3) is 2.86. The van der Waals surface area contributed by atoms with E-state index < -0.39 is 42.0 Å². The molecule has 2 rings (SSSR count). The van der Waals surface area contributed by atoms with Crippen LogP contribution in [-0.2, 0) is 9.59 Å². The van der Waals surface area contributed by atoms with Crippen molar-refractivity contribution in [3.05, 3.63) is 0 Å². The van der Waals surface area contributed by atoms with Gasteiger partial charge in [-0.1, -0.05) is 12.8 Å². The summed E-state index contributed by atoms with van der Waals surface area (Å²) < 4.78 is 39.1. The number of carbonyl (C=O) groups is 2. The van der Waals surface area contributed by atoms with E-state index >= 15 is 0 Å². The number of aliphatic carboxylic acids is 1. The van der Waals surface area contributed by atoms with Crippen LogP contribution in [0.2, 0.25) is 0 Å². The summed E-state index contributed by atoms with van der Waals surface area (Å²) in [6, 6.07) is 0. The number of nitrogens with zero attached hydrogens (tertiary/aromatic N) is 1. The van der Waals surface area contributed by atoms with E-state index in [1.807, 2.05) is 0 Å². The molecule has 3 N–H and O–H groups in total. The average Bonchev–Trinajstić information content (AvgIpc) is 2.94. The number of hydrogen-bond acceptors (Lipinski definition) is 3. The highest BCUT2D eigenvalue weighted by Gasteiger charge is 2.64. The lowest BCUT2D eigenvalue weighted by Gasteiger charge is -2.29. The second-order valence-corrected chi connectivity index (χ2v) is 6.20. The highest BCUT2D eigenvalue weighted by atomic mass is 19.4. The Labute approximate surface area is 120 Å². The molecule has 0 aromatic heterocycles. The maximum atomic E-state index is 13.0. The molecular formula is C13H19F3N2O3. The maximum absolute atomic E-state index is 13.0. The molecule has 1 saturated heterocycles. The van der Waals surface area contributed by atoms with Crippen molar-refractivity contribution in [1.82, 2.24) is 4.90 Å². The number of carbonyl (C=O) groups excluding carboxylic acids is 1. The first-order valence-electron chi connectivity index (χ1n) is 6.96. The lowest BCUT2D eigenvalue weighted by Crippen LogP contribution is -2.49. The molecule has 1 aliphatic carbocycles. The van der Waals surface area contributed by atoms with Crippen molar-refractivity contribution in [3.63, 3.8) is 0 Å². The minimum Gasteiger partial charge on any atom is -0.481 e. The summed E-state index contributed by atoms with van der Waals surface area (Å²) in [5.74, 6) is -2.40. The first-order valence-corrected chi connectivity index (χ1v) is 6.96. The van der Waals surface area contributed by atoms with Gasteiger partial charge in [0.25, 0.3) is 0 Å². The Hall–Kier alpha value is -1.31. The topological polar surface area (TPSA) is 83.6 Å². The van der Waals surface area contributed by atoms with E-state index in [2.05, 4.69) is 0 Å². The van der Waals surface area contributed by atoms with Gasteiger partial charge < -0.3 is 15.7 Å². The third-order valence-corrected chi connectivity index (χ3v) is 4.68. The minimum absolute atomic E-state index is 0.0133. The molecule has 0 aromatic rings. The highest BCUT2D eigenvalue weighted by molar-refractivity contribution is 5.82. The Kier molecular flexibility index (Phi) is 3.94. The number of amides is 1. The molecule has 0 radical (unpaired) electrons. The van der Waals surface area contributed by atoms with E-state index in [0.717, 1.165) is 17.7 Å². The van der Waals surface area contributed by atoms with E-state index in [1.54, 1.807) is 0 Å². The van der Waals surface area contributed by atoms with E-state index in [4.69, 9.17) is 10.8 Å². The molecule has 1 aliphatic heterocycles. The lowest BCUT2D eigenvalue weighted by atomic mass is 9.86. The van der Waals surface area contributed by atoms with Crippen molar-refractivity contribution in [2.24, 2.45) is 11.1 Å². The Morgan fingerprint density at radius 2 is 1.76 bits per heavy atom. The first kappa shape index (κ1) is 16.1. The van der Waals surface area contributed by atoms with Crippen LogP contribution in [0.1, 0.15) is 38.5 Å². The summed E-state index contributed by atoms with van der Waals surface area (Å²) >= 11 is 0. The largest absolute Gasteiger partial charge is 0.481 e. The first-order chi connectivity index (χ1) is 9.60. The monoisotopic (exact) mass is 308 g/mol. The second-order valence-electron chi connectivity index (χ2n) is 6.20. The van der Waals surface area contributed by atoms with Gasteiger partial charge in [0, 0.05) is 25.0 Å². The zero-order valence-electron chi connectivity index (χ0n) is 11.6. The van der Waals surface area contributed by atoms with Crippen molar-refractivity contribution >= 4 is 11.9 Å². The van der Waals surface area contributed by atoms with Gasteiger partial charge in [-0.25, -0.2) is 0 Å². The van der Waals surface area contributed by atoms with Gasteiger partial charge in [-0.2, -0.15) is 13.2 Å². The summed E-state index contributed by atoms with van der Waals surface area (Å²) in [4.78, 5) is 24.2. The van der Waals surface area contributed by atoms with Crippen LogP contribution in [0.3, 0.4) is 0 Å². The molecule has 21 heavy (non-hydrogen) atoms. The van der Waals surface area contributed by atoms with Crippen molar-refractivity contribution < 1.29 is 27.9 Å². The van der Waals surface area contributed by atoms with Crippen LogP contribution in [0.5, 0.6) is 0 Å². The predicted octanol–water partition coefficient (Wildman–Crippen LogP) is 1.51. The van der Waals surface area contributed by atoms with Gasteiger partial charge in [-0.15, -0.1) is 0 Å². The highest BCUT2D eigenvalue weighted by Crippen LogP contribution is 2.46. The molecule has 5 nitrogen and oxygen atoms in total. The average molecular weight is 308 g/mol. The molecule has 0 spiro atoms. The quantitative estimate of drug-likeness (QED) is 0.828. The van der Waals surface area contributed by atoms with Crippen LogP contribution in [-0.4, -0.2) is 46.7 Å². The third-order valence-electron chi connectivity index (χ3n) is 4.68. The zero-order chi connectivity index (χ0) is 15.9. The minimum atomic E-state index is -4.87. The van der Waals surface area contributed by atoms with Crippen LogP contribution < -0.4 is 5.73 Å². The summed E-state index contributed by atoms with van der Waals surface area (Å²) in [6.45, 7) is -1.01. The fourth-order valence-electron chi connectivity index (χ4n) is 3.22. The Bertz CT molecular complexity index is 446. The van der Waals surface area contributed by atoms with Crippen LogP contribution in [0.25, 0.3) is 0 Å². The molecule has 1 amide bonds. The molecule has 1 unspecified atom stereocenters. The van der Waals surface area contributed by atoms with Crippen LogP contribution in [0, 0.1) is 5.41 Å². The maximum Gasteiger partial charge on any atom is 0.406 e. The smallest absolute Gasteiger partial charge is 0.406 e. The van der Waals surface area contributed by atoms with Gasteiger partial charge in [0.05, 0.1) is 0 Å². The van der Waals surface area contributed by atoms with Crippen LogP contribution >= 0.6 is 0 Å². The van der Waals surface area contributed by atoms with Crippen LogP contribution in [0.4, 0.5) is 13.2 Å². The predicted molar refractivity (Wildman–Crippen MR) is 67.3 cm³/mol. The van der Waals surface area contributed by atoms with Gasteiger partial charge in [0.2, 0.25) is 5.91 Å². The summed E-state index contributed by atoms with van der Waals surface area (Å²) in [5.41, 5.74) is 2.56. The zero-order valence-corrected chi connectivity index (χ0v) is 11.6. The van der Waals surface area contributed by atoms with Crippen molar-refractivity contribution in [2.75, 3.05) is 13.1 Å². The molecular weight excluding hydrogens is 289 g/mol. The van der Waals surface area contributed by atoms with Gasteiger partial charge in [-0.05, 0) is 19.3 Å². The van der Waals surface area contributed by atoms with Crippen molar-refractivity contribution in [3.8, 4) is 0 Å². The number of carboxylic acids is 1. The van der Waals surface area contributed by atoms with E-state index in [1.165, 1.54) is 0 Å². The molecule has 1 heterocycles. The Morgan fingerprint density at radius 3 is 2.19 bits per heavy atom. The SMILES string of the molecule is NC1(CC(=O)N2CCC(C(=O)O)(C(F)(F)F)C2)CCCC1.